The van der Waals surface area contributed by atoms with Crippen LogP contribution in [0.2, 0.25) is 0 Å². The summed E-state index contributed by atoms with van der Waals surface area (Å²) in [6.45, 7) is 0.208. The van der Waals surface area contributed by atoms with Gasteiger partial charge in [-0.1, -0.05) is 18.2 Å². The molecule has 5 nitrogen and oxygen atoms in total. The number of nitrogens with zero attached hydrogens (tertiary/aromatic N) is 1. The van der Waals surface area contributed by atoms with Gasteiger partial charge in [0.1, 0.15) is 11.6 Å². The van der Waals surface area contributed by atoms with Gasteiger partial charge < -0.3 is 15.4 Å². The molecule has 0 bridgehead atoms. The zero-order valence-corrected chi connectivity index (χ0v) is 13.9. The minimum Gasteiger partial charge on any atom is -0.497 e. The molecule has 0 unspecified atom stereocenters. The first-order chi connectivity index (χ1) is 12.2. The zero-order chi connectivity index (χ0) is 17.5. The Kier molecular flexibility index (Phi) is 5.26. The van der Waals surface area contributed by atoms with Crippen molar-refractivity contribution in [1.82, 2.24) is 4.98 Å². The second kappa shape index (κ2) is 7.97. The number of nitrogens with one attached hydrogen (secondary N) is 2. The van der Waals surface area contributed by atoms with E-state index in [0.717, 1.165) is 22.9 Å². The number of hydrogen-bond donors (Lipinski definition) is 2. The predicted molar refractivity (Wildman–Crippen MR) is 99.8 cm³/mol. The fourth-order valence-corrected chi connectivity index (χ4v) is 2.30. The van der Waals surface area contributed by atoms with E-state index in [1.165, 1.54) is 0 Å². The summed E-state index contributed by atoms with van der Waals surface area (Å²) in [5.41, 5.74) is 2.41. The van der Waals surface area contributed by atoms with Crippen molar-refractivity contribution >= 4 is 23.0 Å². The summed E-state index contributed by atoms with van der Waals surface area (Å²) in [6, 6.07) is 20.7. The number of para-hydroxylation sites is 1. The SMILES string of the molecule is COc1ccc(C(=O)CNc2ccc(Nc3ccccc3)nc2)cc1. The van der Waals surface area contributed by atoms with Crippen molar-refractivity contribution < 1.29 is 9.53 Å². The number of anilines is 3. The first-order valence-corrected chi connectivity index (χ1v) is 7.94. The van der Waals surface area contributed by atoms with Crippen LogP contribution in [-0.2, 0) is 0 Å². The van der Waals surface area contributed by atoms with Crippen molar-refractivity contribution in [2.45, 2.75) is 0 Å². The number of carbonyl (C=O) groups is 1. The summed E-state index contributed by atoms with van der Waals surface area (Å²) in [7, 11) is 1.60. The molecule has 0 aliphatic heterocycles. The van der Waals surface area contributed by atoms with Crippen LogP contribution < -0.4 is 15.4 Å². The zero-order valence-electron chi connectivity index (χ0n) is 13.9. The predicted octanol–water partition coefficient (Wildman–Crippen LogP) is 4.13. The molecule has 2 aromatic carbocycles. The molecule has 3 aromatic rings. The second-order valence-electron chi connectivity index (χ2n) is 5.43. The summed E-state index contributed by atoms with van der Waals surface area (Å²) < 4.78 is 5.09. The molecule has 0 aliphatic carbocycles. The largest absolute Gasteiger partial charge is 0.497 e. The monoisotopic (exact) mass is 333 g/mol. The van der Waals surface area contributed by atoms with E-state index in [1.54, 1.807) is 37.6 Å². The van der Waals surface area contributed by atoms with E-state index in [4.69, 9.17) is 4.74 Å². The number of hydrogen-bond acceptors (Lipinski definition) is 5. The van der Waals surface area contributed by atoms with Crippen molar-refractivity contribution in [3.05, 3.63) is 78.5 Å². The van der Waals surface area contributed by atoms with E-state index in [9.17, 15) is 4.79 Å². The Morgan fingerprint density at radius 2 is 1.72 bits per heavy atom. The molecule has 126 valence electrons. The molecular weight excluding hydrogens is 314 g/mol. The molecule has 0 saturated carbocycles. The lowest BCUT2D eigenvalue weighted by molar-refractivity contribution is 0.101. The van der Waals surface area contributed by atoms with E-state index in [2.05, 4.69) is 15.6 Å². The Balaban J connectivity index is 1.55. The molecule has 0 aliphatic rings. The number of ketones is 1. The summed E-state index contributed by atoms with van der Waals surface area (Å²) in [6.07, 6.45) is 1.70. The average Bonchev–Trinajstić information content (AvgIpc) is 2.68. The molecule has 0 saturated heterocycles. The van der Waals surface area contributed by atoms with Gasteiger partial charge in [-0.2, -0.15) is 0 Å². The van der Waals surface area contributed by atoms with Crippen molar-refractivity contribution in [3.8, 4) is 5.75 Å². The molecule has 5 heteroatoms. The lowest BCUT2D eigenvalue weighted by Crippen LogP contribution is -2.14. The van der Waals surface area contributed by atoms with E-state index < -0.39 is 0 Å². The van der Waals surface area contributed by atoms with Crippen LogP contribution in [0.3, 0.4) is 0 Å². The van der Waals surface area contributed by atoms with E-state index in [-0.39, 0.29) is 12.3 Å². The second-order valence-corrected chi connectivity index (χ2v) is 5.43. The smallest absolute Gasteiger partial charge is 0.181 e. The lowest BCUT2D eigenvalue weighted by atomic mass is 10.1. The van der Waals surface area contributed by atoms with Crippen molar-refractivity contribution in [3.63, 3.8) is 0 Å². The number of Topliss-reactive ketones (excluding diaryl/α,β-unsaturated/α-hetero) is 1. The first kappa shape index (κ1) is 16.5. The van der Waals surface area contributed by atoms with Gasteiger partial charge in [-0.3, -0.25) is 4.79 Å². The topological polar surface area (TPSA) is 63.2 Å². The van der Waals surface area contributed by atoms with Gasteiger partial charge in [-0.05, 0) is 48.5 Å². The Morgan fingerprint density at radius 3 is 2.36 bits per heavy atom. The number of ether oxygens (including phenoxy) is 1. The molecule has 0 amide bonds. The summed E-state index contributed by atoms with van der Waals surface area (Å²) >= 11 is 0. The number of pyridine rings is 1. The van der Waals surface area contributed by atoms with Gasteiger partial charge in [0.25, 0.3) is 0 Å². The van der Waals surface area contributed by atoms with Crippen LogP contribution in [0.15, 0.2) is 72.9 Å². The Hall–Kier alpha value is -3.34. The third-order valence-corrected chi connectivity index (χ3v) is 3.67. The van der Waals surface area contributed by atoms with Gasteiger partial charge in [0.05, 0.1) is 25.5 Å². The molecule has 0 radical (unpaired) electrons. The maximum Gasteiger partial charge on any atom is 0.181 e. The summed E-state index contributed by atoms with van der Waals surface area (Å²) in [4.78, 5) is 16.5. The van der Waals surface area contributed by atoms with Crippen LogP contribution in [0.4, 0.5) is 17.2 Å². The van der Waals surface area contributed by atoms with Crippen LogP contribution in [0.5, 0.6) is 5.75 Å². The van der Waals surface area contributed by atoms with Crippen LogP contribution in [-0.4, -0.2) is 24.4 Å². The van der Waals surface area contributed by atoms with Gasteiger partial charge in [-0.15, -0.1) is 0 Å². The van der Waals surface area contributed by atoms with Gasteiger partial charge in [-0.25, -0.2) is 4.98 Å². The maximum absolute atomic E-state index is 12.2. The molecule has 1 aromatic heterocycles. The van der Waals surface area contributed by atoms with E-state index >= 15 is 0 Å². The highest BCUT2D eigenvalue weighted by atomic mass is 16.5. The van der Waals surface area contributed by atoms with Crippen molar-refractivity contribution in [2.24, 2.45) is 0 Å². The quantitative estimate of drug-likeness (QED) is 0.637. The summed E-state index contributed by atoms with van der Waals surface area (Å²) in [5, 5.41) is 6.31. The van der Waals surface area contributed by atoms with Gasteiger partial charge in [0.2, 0.25) is 0 Å². The highest BCUT2D eigenvalue weighted by Gasteiger charge is 2.06. The normalized spacial score (nSPS) is 10.1. The van der Waals surface area contributed by atoms with Gasteiger partial charge in [0, 0.05) is 11.3 Å². The minimum atomic E-state index is 0.00846. The molecule has 2 N–H and O–H groups in total. The number of methoxy groups -OCH3 is 1. The maximum atomic E-state index is 12.2. The van der Waals surface area contributed by atoms with Gasteiger partial charge in [0.15, 0.2) is 5.78 Å². The number of rotatable bonds is 7. The number of aromatic nitrogens is 1. The van der Waals surface area contributed by atoms with Crippen molar-refractivity contribution in [1.29, 1.82) is 0 Å². The van der Waals surface area contributed by atoms with Crippen LogP contribution in [0.1, 0.15) is 10.4 Å². The van der Waals surface area contributed by atoms with Crippen molar-refractivity contribution in [2.75, 3.05) is 24.3 Å². The standard InChI is InChI=1S/C20H19N3O2/c1-25-18-10-7-15(8-11-18)19(24)14-21-17-9-12-20(22-13-17)23-16-5-3-2-4-6-16/h2-13,21H,14H2,1H3,(H,22,23). The fourth-order valence-electron chi connectivity index (χ4n) is 2.30. The fraction of sp³-hybridized carbons (Fsp3) is 0.100. The highest BCUT2D eigenvalue weighted by Crippen LogP contribution is 2.16. The molecule has 0 spiro atoms. The molecular formula is C20H19N3O2. The molecule has 1 heterocycles. The highest BCUT2D eigenvalue weighted by molar-refractivity contribution is 5.99. The Labute approximate surface area is 146 Å². The van der Waals surface area contributed by atoms with Gasteiger partial charge >= 0.3 is 0 Å². The average molecular weight is 333 g/mol. The van der Waals surface area contributed by atoms with Crippen LogP contribution in [0, 0.1) is 0 Å². The third kappa shape index (κ3) is 4.57. The Morgan fingerprint density at radius 1 is 0.960 bits per heavy atom. The van der Waals surface area contributed by atoms with Crippen LogP contribution in [0.25, 0.3) is 0 Å². The minimum absolute atomic E-state index is 0.00846. The number of carbonyl (C=O) groups excluding carboxylic acids is 1. The molecule has 3 rings (SSSR count). The summed E-state index contributed by atoms with van der Waals surface area (Å²) in [5.74, 6) is 1.49. The molecule has 0 fully saturated rings. The third-order valence-electron chi connectivity index (χ3n) is 3.67. The molecule has 0 atom stereocenters. The first-order valence-electron chi connectivity index (χ1n) is 7.94. The van der Waals surface area contributed by atoms with E-state index in [0.29, 0.717) is 5.56 Å². The Bertz CT molecular complexity index is 816. The van der Waals surface area contributed by atoms with Crippen LogP contribution >= 0.6 is 0 Å². The molecule has 25 heavy (non-hydrogen) atoms. The van der Waals surface area contributed by atoms with E-state index in [1.807, 2.05) is 42.5 Å². The number of benzene rings is 2. The lowest BCUT2D eigenvalue weighted by Gasteiger charge is -2.08.